The Morgan fingerprint density at radius 1 is 1.17 bits per heavy atom. The molecule has 1 amide bonds. The first kappa shape index (κ1) is 20.4. The van der Waals surface area contributed by atoms with E-state index in [1.165, 1.54) is 0 Å². The van der Waals surface area contributed by atoms with E-state index in [1.54, 1.807) is 33.9 Å². The number of H-pyrrole nitrogens is 1. The van der Waals surface area contributed by atoms with E-state index in [0.29, 0.717) is 35.6 Å². The highest BCUT2D eigenvalue weighted by molar-refractivity contribution is 6.00. The summed E-state index contributed by atoms with van der Waals surface area (Å²) in [4.78, 5) is 27.9. The average Bonchev–Trinajstić information content (AvgIpc) is 3.23. The maximum Gasteiger partial charge on any atom is 0.340 e. The smallest absolute Gasteiger partial charge is 0.340 e. The standard InChI is InChI=1S/C22H26N4O3/c1-14(2)29-22(28)19-15(3)20(25-16(19)4)21(27)23-10-18-11-24-26(13-18)12-17-8-6-5-7-9-17/h5-9,11,13-14,25H,10,12H2,1-4H3,(H,23,27). The third-order valence-electron chi connectivity index (χ3n) is 4.54. The number of benzene rings is 1. The number of rotatable bonds is 7. The Labute approximate surface area is 170 Å². The highest BCUT2D eigenvalue weighted by Crippen LogP contribution is 2.19. The van der Waals surface area contributed by atoms with Crippen LogP contribution in [0.15, 0.2) is 42.7 Å². The lowest BCUT2D eigenvalue weighted by Crippen LogP contribution is -2.24. The molecule has 7 nitrogen and oxygen atoms in total. The second-order valence-electron chi connectivity index (χ2n) is 7.29. The zero-order valence-electron chi connectivity index (χ0n) is 17.2. The average molecular weight is 394 g/mol. The van der Waals surface area contributed by atoms with Crippen LogP contribution >= 0.6 is 0 Å². The molecule has 2 aromatic heterocycles. The maximum absolute atomic E-state index is 12.6. The fraction of sp³-hybridized carbons (Fsp3) is 0.318. The molecular weight excluding hydrogens is 368 g/mol. The Balaban J connectivity index is 1.63. The van der Waals surface area contributed by atoms with Crippen LogP contribution in [0.5, 0.6) is 0 Å². The van der Waals surface area contributed by atoms with Crippen molar-refractivity contribution in [2.75, 3.05) is 0 Å². The Hall–Kier alpha value is -3.35. The lowest BCUT2D eigenvalue weighted by atomic mass is 10.1. The normalized spacial score (nSPS) is 10.9. The summed E-state index contributed by atoms with van der Waals surface area (Å²) in [5.41, 5.74) is 4.05. The molecule has 0 aliphatic heterocycles. The van der Waals surface area contributed by atoms with E-state index in [4.69, 9.17) is 4.74 Å². The first-order valence-corrected chi connectivity index (χ1v) is 9.58. The molecule has 0 fully saturated rings. The number of hydrogen-bond donors (Lipinski definition) is 2. The van der Waals surface area contributed by atoms with Gasteiger partial charge in [-0.25, -0.2) is 4.79 Å². The van der Waals surface area contributed by atoms with Crippen LogP contribution in [-0.4, -0.2) is 32.7 Å². The van der Waals surface area contributed by atoms with Crippen LogP contribution in [0.3, 0.4) is 0 Å². The van der Waals surface area contributed by atoms with Gasteiger partial charge in [-0.1, -0.05) is 30.3 Å². The van der Waals surface area contributed by atoms with Gasteiger partial charge in [-0.15, -0.1) is 0 Å². The zero-order valence-corrected chi connectivity index (χ0v) is 17.2. The van der Waals surface area contributed by atoms with Crippen LogP contribution in [-0.2, 0) is 17.8 Å². The van der Waals surface area contributed by atoms with Gasteiger partial charge >= 0.3 is 5.97 Å². The third-order valence-corrected chi connectivity index (χ3v) is 4.54. The lowest BCUT2D eigenvalue weighted by molar-refractivity contribution is 0.0376. The van der Waals surface area contributed by atoms with Crippen LogP contribution in [0.1, 0.15) is 57.1 Å². The molecule has 3 rings (SSSR count). The van der Waals surface area contributed by atoms with E-state index < -0.39 is 5.97 Å². The summed E-state index contributed by atoms with van der Waals surface area (Å²) < 4.78 is 7.10. The minimum Gasteiger partial charge on any atom is -0.459 e. The Kier molecular flexibility index (Phi) is 6.16. The molecule has 2 heterocycles. The Morgan fingerprint density at radius 3 is 2.59 bits per heavy atom. The number of nitrogens with zero attached hydrogens (tertiary/aromatic N) is 2. The van der Waals surface area contributed by atoms with Gasteiger partial charge in [0.05, 0.1) is 24.4 Å². The van der Waals surface area contributed by atoms with Gasteiger partial charge in [0.1, 0.15) is 5.69 Å². The molecule has 0 bridgehead atoms. The third kappa shape index (κ3) is 4.93. The van der Waals surface area contributed by atoms with Crippen LogP contribution in [0.25, 0.3) is 0 Å². The molecule has 0 saturated heterocycles. The highest BCUT2D eigenvalue weighted by atomic mass is 16.5. The molecule has 7 heteroatoms. The summed E-state index contributed by atoms with van der Waals surface area (Å²) in [5, 5.41) is 7.22. The summed E-state index contributed by atoms with van der Waals surface area (Å²) in [6, 6.07) is 10.0. The van der Waals surface area contributed by atoms with Crippen LogP contribution < -0.4 is 5.32 Å². The quantitative estimate of drug-likeness (QED) is 0.601. The molecule has 0 saturated carbocycles. The number of esters is 1. The molecule has 0 aliphatic rings. The molecule has 0 radical (unpaired) electrons. The number of aromatic amines is 1. The van der Waals surface area contributed by atoms with Crippen molar-refractivity contribution in [3.63, 3.8) is 0 Å². The largest absolute Gasteiger partial charge is 0.459 e. The van der Waals surface area contributed by atoms with Crippen molar-refractivity contribution in [3.05, 3.63) is 76.4 Å². The maximum atomic E-state index is 12.6. The van der Waals surface area contributed by atoms with E-state index in [1.807, 2.05) is 41.2 Å². The molecule has 1 aromatic carbocycles. The summed E-state index contributed by atoms with van der Waals surface area (Å²) >= 11 is 0. The van der Waals surface area contributed by atoms with Crippen LogP contribution in [0.4, 0.5) is 0 Å². The Morgan fingerprint density at radius 2 is 1.90 bits per heavy atom. The van der Waals surface area contributed by atoms with Gasteiger partial charge in [-0.2, -0.15) is 5.10 Å². The van der Waals surface area contributed by atoms with E-state index in [2.05, 4.69) is 15.4 Å². The number of hydrogen-bond acceptors (Lipinski definition) is 4. The summed E-state index contributed by atoms with van der Waals surface area (Å²) in [5.74, 6) is -0.697. The van der Waals surface area contributed by atoms with Gasteiger partial charge < -0.3 is 15.0 Å². The van der Waals surface area contributed by atoms with Gasteiger partial charge in [0.25, 0.3) is 5.91 Å². The van der Waals surface area contributed by atoms with E-state index in [0.717, 1.165) is 11.1 Å². The van der Waals surface area contributed by atoms with Gasteiger partial charge in [-0.05, 0) is 38.8 Å². The molecule has 3 aromatic rings. The van der Waals surface area contributed by atoms with Crippen LogP contribution in [0, 0.1) is 13.8 Å². The second-order valence-corrected chi connectivity index (χ2v) is 7.29. The summed E-state index contributed by atoms with van der Waals surface area (Å²) in [7, 11) is 0. The summed E-state index contributed by atoms with van der Waals surface area (Å²) in [6.45, 7) is 8.10. The van der Waals surface area contributed by atoms with Crippen molar-refractivity contribution in [2.45, 2.75) is 46.9 Å². The number of ether oxygens (including phenoxy) is 1. The van der Waals surface area contributed by atoms with Crippen molar-refractivity contribution in [2.24, 2.45) is 0 Å². The fourth-order valence-electron chi connectivity index (χ4n) is 3.18. The summed E-state index contributed by atoms with van der Waals surface area (Å²) in [6.07, 6.45) is 3.42. The highest BCUT2D eigenvalue weighted by Gasteiger charge is 2.23. The number of carbonyl (C=O) groups excluding carboxylic acids is 2. The monoisotopic (exact) mass is 394 g/mol. The van der Waals surface area contributed by atoms with Gasteiger partial charge in [0, 0.05) is 24.0 Å². The van der Waals surface area contributed by atoms with E-state index in [-0.39, 0.29) is 12.0 Å². The van der Waals surface area contributed by atoms with Gasteiger partial charge in [0.15, 0.2) is 0 Å². The van der Waals surface area contributed by atoms with Crippen LogP contribution in [0.2, 0.25) is 0 Å². The molecule has 0 unspecified atom stereocenters. The number of amides is 1. The Bertz CT molecular complexity index is 1000. The minimum absolute atomic E-state index is 0.221. The minimum atomic E-state index is -0.424. The van der Waals surface area contributed by atoms with E-state index in [9.17, 15) is 9.59 Å². The molecule has 0 atom stereocenters. The molecule has 152 valence electrons. The van der Waals surface area contributed by atoms with Crippen molar-refractivity contribution in [1.29, 1.82) is 0 Å². The molecular formula is C22H26N4O3. The molecule has 29 heavy (non-hydrogen) atoms. The predicted octanol–water partition coefficient (Wildman–Crippen LogP) is 3.37. The topological polar surface area (TPSA) is 89.0 Å². The van der Waals surface area contributed by atoms with E-state index >= 15 is 0 Å². The predicted molar refractivity (Wildman–Crippen MR) is 110 cm³/mol. The lowest BCUT2D eigenvalue weighted by Gasteiger charge is -2.08. The van der Waals surface area contributed by atoms with Crippen molar-refractivity contribution < 1.29 is 14.3 Å². The van der Waals surface area contributed by atoms with Gasteiger partial charge in [-0.3, -0.25) is 9.48 Å². The second kappa shape index (κ2) is 8.77. The zero-order chi connectivity index (χ0) is 21.0. The molecule has 2 N–H and O–H groups in total. The fourth-order valence-corrected chi connectivity index (χ4v) is 3.18. The SMILES string of the molecule is Cc1[nH]c(C(=O)NCc2cnn(Cc3ccccc3)c2)c(C)c1C(=O)OC(C)C. The number of nitrogens with one attached hydrogen (secondary N) is 2. The number of aryl methyl sites for hydroxylation is 1. The number of aromatic nitrogens is 3. The van der Waals surface area contributed by atoms with Crippen molar-refractivity contribution in [3.8, 4) is 0 Å². The first-order valence-electron chi connectivity index (χ1n) is 9.58. The van der Waals surface area contributed by atoms with Crippen molar-refractivity contribution >= 4 is 11.9 Å². The molecule has 0 aliphatic carbocycles. The van der Waals surface area contributed by atoms with Gasteiger partial charge in [0.2, 0.25) is 0 Å². The van der Waals surface area contributed by atoms with Crippen molar-refractivity contribution in [1.82, 2.24) is 20.1 Å². The molecule has 0 spiro atoms. The number of carbonyl (C=O) groups is 2. The first-order chi connectivity index (χ1) is 13.8.